The third-order valence-electron chi connectivity index (χ3n) is 5.09. The van der Waals surface area contributed by atoms with Gasteiger partial charge in [0.15, 0.2) is 0 Å². The molecule has 1 aromatic heterocycles. The summed E-state index contributed by atoms with van der Waals surface area (Å²) in [4.78, 5) is 34.3. The Morgan fingerprint density at radius 1 is 1.00 bits per heavy atom. The first kappa shape index (κ1) is 23.1. The quantitative estimate of drug-likeness (QED) is 0.279. The number of unbranched alkanes of at least 4 members (excludes halogenated alkanes) is 3. The summed E-state index contributed by atoms with van der Waals surface area (Å²) in [7, 11) is 0. The third kappa shape index (κ3) is 6.75. The molecule has 32 heavy (non-hydrogen) atoms. The Morgan fingerprint density at radius 2 is 1.75 bits per heavy atom. The molecule has 0 bridgehead atoms. The lowest BCUT2D eigenvalue weighted by Crippen LogP contribution is -2.25. The zero-order chi connectivity index (χ0) is 22.6. The van der Waals surface area contributed by atoms with Crippen LogP contribution in [0.2, 0.25) is 0 Å². The highest BCUT2D eigenvalue weighted by Gasteiger charge is 2.17. The third-order valence-corrected chi connectivity index (χ3v) is 5.09. The SMILES string of the molecule is O=C(CCCCCCNC(=O)c1cnc(N(C2=CCCC=C2)c2ccccc2)nc1)NO. The first-order valence-electron chi connectivity index (χ1n) is 10.9. The van der Waals surface area contributed by atoms with E-state index in [9.17, 15) is 9.59 Å². The molecule has 0 aliphatic heterocycles. The van der Waals surface area contributed by atoms with Crippen LogP contribution in [-0.4, -0.2) is 33.5 Å². The molecule has 1 aliphatic carbocycles. The van der Waals surface area contributed by atoms with Crippen LogP contribution >= 0.6 is 0 Å². The lowest BCUT2D eigenvalue weighted by Gasteiger charge is -2.25. The number of anilines is 2. The molecular formula is C24H29N5O3. The Kier molecular flexibility index (Phi) is 8.94. The molecule has 168 valence electrons. The van der Waals surface area contributed by atoms with Crippen LogP contribution in [0.25, 0.3) is 0 Å². The number of allylic oxidation sites excluding steroid dienone is 3. The minimum atomic E-state index is -0.372. The van der Waals surface area contributed by atoms with Crippen LogP contribution in [0, 0.1) is 0 Å². The maximum Gasteiger partial charge on any atom is 0.254 e. The summed E-state index contributed by atoms with van der Waals surface area (Å²) < 4.78 is 0. The van der Waals surface area contributed by atoms with E-state index in [0.717, 1.165) is 43.5 Å². The van der Waals surface area contributed by atoms with E-state index in [-0.39, 0.29) is 11.8 Å². The number of hydrogen-bond donors (Lipinski definition) is 3. The number of aromatic nitrogens is 2. The van der Waals surface area contributed by atoms with Crippen LogP contribution in [-0.2, 0) is 4.79 Å². The Morgan fingerprint density at radius 3 is 2.44 bits per heavy atom. The molecule has 8 nitrogen and oxygen atoms in total. The molecule has 0 saturated heterocycles. The summed E-state index contributed by atoms with van der Waals surface area (Å²) in [6.45, 7) is 0.542. The second kappa shape index (κ2) is 12.4. The highest BCUT2D eigenvalue weighted by molar-refractivity contribution is 5.93. The molecule has 2 aromatic rings. The van der Waals surface area contributed by atoms with Crippen LogP contribution in [0.1, 0.15) is 55.3 Å². The average Bonchev–Trinajstić information content (AvgIpc) is 2.85. The van der Waals surface area contributed by atoms with Crippen molar-refractivity contribution in [2.45, 2.75) is 44.9 Å². The fourth-order valence-corrected chi connectivity index (χ4v) is 3.40. The van der Waals surface area contributed by atoms with Crippen molar-refractivity contribution in [1.29, 1.82) is 0 Å². The first-order valence-corrected chi connectivity index (χ1v) is 10.9. The maximum atomic E-state index is 12.4. The number of para-hydroxylation sites is 1. The van der Waals surface area contributed by atoms with Gasteiger partial charge in [0.2, 0.25) is 11.9 Å². The number of carbonyl (C=O) groups excluding carboxylic acids is 2. The summed E-state index contributed by atoms with van der Waals surface area (Å²) in [6, 6.07) is 9.91. The van der Waals surface area contributed by atoms with Crippen molar-refractivity contribution in [1.82, 2.24) is 20.8 Å². The van der Waals surface area contributed by atoms with Gasteiger partial charge >= 0.3 is 0 Å². The van der Waals surface area contributed by atoms with Crippen molar-refractivity contribution in [3.63, 3.8) is 0 Å². The molecular weight excluding hydrogens is 406 g/mol. The lowest BCUT2D eigenvalue weighted by atomic mass is 10.1. The zero-order valence-electron chi connectivity index (χ0n) is 18.0. The molecule has 1 heterocycles. The van der Waals surface area contributed by atoms with Gasteiger partial charge in [-0.3, -0.25) is 19.7 Å². The Balaban J connectivity index is 1.55. The highest BCUT2D eigenvalue weighted by Crippen LogP contribution is 2.29. The largest absolute Gasteiger partial charge is 0.352 e. The van der Waals surface area contributed by atoms with E-state index < -0.39 is 0 Å². The minimum Gasteiger partial charge on any atom is -0.352 e. The topological polar surface area (TPSA) is 107 Å². The van der Waals surface area contributed by atoms with E-state index in [1.54, 1.807) is 17.9 Å². The number of nitrogens with one attached hydrogen (secondary N) is 2. The van der Waals surface area contributed by atoms with Gasteiger partial charge in [-0.25, -0.2) is 15.4 Å². The predicted octanol–water partition coefficient (Wildman–Crippen LogP) is 4.03. The molecule has 0 atom stereocenters. The van der Waals surface area contributed by atoms with E-state index >= 15 is 0 Å². The molecule has 1 aromatic carbocycles. The van der Waals surface area contributed by atoms with Crippen molar-refractivity contribution in [3.05, 3.63) is 72.2 Å². The highest BCUT2D eigenvalue weighted by atomic mass is 16.5. The van der Waals surface area contributed by atoms with E-state index in [4.69, 9.17) is 5.21 Å². The maximum absolute atomic E-state index is 12.4. The fourth-order valence-electron chi connectivity index (χ4n) is 3.40. The van der Waals surface area contributed by atoms with Gasteiger partial charge in [-0.2, -0.15) is 0 Å². The summed E-state index contributed by atoms with van der Waals surface area (Å²) in [5.74, 6) is -0.0694. The number of hydroxylamine groups is 1. The van der Waals surface area contributed by atoms with Crippen molar-refractivity contribution < 1.29 is 14.8 Å². The molecule has 3 rings (SSSR count). The minimum absolute atomic E-state index is 0.209. The summed E-state index contributed by atoms with van der Waals surface area (Å²) >= 11 is 0. The van der Waals surface area contributed by atoms with Crippen LogP contribution < -0.4 is 15.7 Å². The van der Waals surface area contributed by atoms with E-state index in [1.807, 2.05) is 35.2 Å². The number of amides is 2. The Hall–Kier alpha value is -3.52. The molecule has 0 spiro atoms. The number of rotatable bonds is 11. The molecule has 0 unspecified atom stereocenters. The van der Waals surface area contributed by atoms with Crippen LogP contribution in [0.3, 0.4) is 0 Å². The average molecular weight is 436 g/mol. The Bertz CT molecular complexity index is 942. The lowest BCUT2D eigenvalue weighted by molar-refractivity contribution is -0.129. The molecule has 0 fully saturated rings. The van der Waals surface area contributed by atoms with Gasteiger partial charge in [-0.05, 0) is 43.9 Å². The van der Waals surface area contributed by atoms with E-state index in [1.165, 1.54) is 0 Å². The first-order chi connectivity index (χ1) is 15.7. The van der Waals surface area contributed by atoms with Crippen molar-refractivity contribution in [2.24, 2.45) is 0 Å². The summed E-state index contributed by atoms with van der Waals surface area (Å²) in [6.07, 6.45) is 15.0. The number of hydrogen-bond acceptors (Lipinski definition) is 6. The van der Waals surface area contributed by atoms with Crippen LogP contribution in [0.4, 0.5) is 11.6 Å². The van der Waals surface area contributed by atoms with Gasteiger partial charge in [0.25, 0.3) is 5.91 Å². The van der Waals surface area contributed by atoms with Gasteiger partial charge in [0.05, 0.1) is 5.56 Å². The molecule has 8 heteroatoms. The second-order valence-corrected chi connectivity index (χ2v) is 7.51. The van der Waals surface area contributed by atoms with Crippen LogP contribution in [0.15, 0.2) is 66.7 Å². The normalized spacial score (nSPS) is 12.7. The molecule has 1 aliphatic rings. The second-order valence-electron chi connectivity index (χ2n) is 7.51. The summed E-state index contributed by atoms with van der Waals surface area (Å²) in [5.41, 5.74) is 4.00. The number of nitrogens with zero attached hydrogens (tertiary/aromatic N) is 3. The predicted molar refractivity (Wildman–Crippen MR) is 122 cm³/mol. The monoisotopic (exact) mass is 435 g/mol. The van der Waals surface area contributed by atoms with Gasteiger partial charge in [0.1, 0.15) is 0 Å². The van der Waals surface area contributed by atoms with E-state index in [2.05, 4.69) is 33.5 Å². The van der Waals surface area contributed by atoms with Gasteiger partial charge in [-0.15, -0.1) is 0 Å². The van der Waals surface area contributed by atoms with Crippen molar-refractivity contribution in [2.75, 3.05) is 11.4 Å². The zero-order valence-corrected chi connectivity index (χ0v) is 18.0. The fraction of sp³-hybridized carbons (Fsp3) is 0.333. The number of carbonyl (C=O) groups is 2. The summed E-state index contributed by atoms with van der Waals surface area (Å²) in [5, 5.41) is 11.3. The molecule has 0 saturated carbocycles. The van der Waals surface area contributed by atoms with Gasteiger partial charge in [0, 0.05) is 36.7 Å². The Labute approximate surface area is 188 Å². The standard InChI is InChI=1S/C24H29N5O3/c30-22(28-32)15-9-1-2-10-16-25-23(31)19-17-26-24(27-18-19)29(20-11-5-3-6-12-20)21-13-7-4-8-14-21/h3,5-7,11-14,17-18,32H,1-2,4,8-10,15-16H2,(H,25,31)(H,28,30). The number of benzene rings is 1. The van der Waals surface area contributed by atoms with Crippen molar-refractivity contribution >= 4 is 23.5 Å². The molecule has 2 amide bonds. The van der Waals surface area contributed by atoms with Crippen LogP contribution in [0.5, 0.6) is 0 Å². The smallest absolute Gasteiger partial charge is 0.254 e. The molecule has 3 N–H and O–H groups in total. The van der Waals surface area contributed by atoms with Gasteiger partial charge in [-0.1, -0.05) is 43.2 Å². The van der Waals surface area contributed by atoms with Crippen molar-refractivity contribution in [3.8, 4) is 0 Å². The van der Waals surface area contributed by atoms with Gasteiger partial charge < -0.3 is 5.32 Å². The van der Waals surface area contributed by atoms with E-state index in [0.29, 0.717) is 30.9 Å². The molecule has 0 radical (unpaired) electrons.